The van der Waals surface area contributed by atoms with Crippen LogP contribution in [-0.4, -0.2) is 17.4 Å². The molecule has 0 saturated carbocycles. The van der Waals surface area contributed by atoms with Crippen LogP contribution in [0.4, 0.5) is 11.5 Å². The van der Waals surface area contributed by atoms with Crippen LogP contribution in [0, 0.1) is 0 Å². The van der Waals surface area contributed by atoms with Gasteiger partial charge >= 0.3 is 0 Å². The normalized spacial score (nSPS) is 10.2. The number of rotatable bonds is 5. The molecule has 1 aromatic carbocycles. The first-order valence-electron chi connectivity index (χ1n) is 6.57. The molecule has 0 spiro atoms. The van der Waals surface area contributed by atoms with E-state index in [0.29, 0.717) is 22.2 Å². The van der Waals surface area contributed by atoms with E-state index in [4.69, 9.17) is 11.6 Å². The van der Waals surface area contributed by atoms with Gasteiger partial charge in [0.2, 0.25) is 0 Å². The molecule has 1 heterocycles. The molecule has 0 unspecified atom stereocenters. The lowest BCUT2D eigenvalue weighted by atomic mass is 10.3. The predicted molar refractivity (Wildman–Crippen MR) is 90.1 cm³/mol. The third kappa shape index (κ3) is 4.44. The molecular formula is C15H15BrClN3O. The molecule has 0 aliphatic rings. The highest BCUT2D eigenvalue weighted by Gasteiger charge is 2.10. The van der Waals surface area contributed by atoms with Crippen LogP contribution in [0.25, 0.3) is 0 Å². The van der Waals surface area contributed by atoms with Crippen LogP contribution in [0.15, 0.2) is 40.9 Å². The van der Waals surface area contributed by atoms with Crippen molar-refractivity contribution in [3.05, 3.63) is 51.6 Å². The summed E-state index contributed by atoms with van der Waals surface area (Å²) in [7, 11) is 0. The summed E-state index contributed by atoms with van der Waals surface area (Å²) >= 11 is 9.41. The maximum atomic E-state index is 12.2. The van der Waals surface area contributed by atoms with E-state index in [2.05, 4.69) is 38.5 Å². The van der Waals surface area contributed by atoms with Crippen LogP contribution in [-0.2, 0) is 0 Å². The van der Waals surface area contributed by atoms with Gasteiger partial charge in [0.05, 0.1) is 10.7 Å². The van der Waals surface area contributed by atoms with Gasteiger partial charge in [-0.2, -0.15) is 0 Å². The summed E-state index contributed by atoms with van der Waals surface area (Å²) in [6.45, 7) is 2.88. The van der Waals surface area contributed by atoms with E-state index in [1.807, 2.05) is 12.1 Å². The Morgan fingerprint density at radius 2 is 2.14 bits per heavy atom. The monoisotopic (exact) mass is 367 g/mol. The first-order valence-corrected chi connectivity index (χ1v) is 7.74. The van der Waals surface area contributed by atoms with E-state index in [0.717, 1.165) is 17.4 Å². The molecule has 1 aromatic heterocycles. The standard InChI is InChI=1S/C15H15BrClN3O/c1-2-8-18-14-5-3-4-13(19-14)15(21)20-12-7-6-10(16)9-11(12)17/h3-7,9H,2,8H2,1H3,(H,18,19)(H,20,21). The zero-order valence-electron chi connectivity index (χ0n) is 11.5. The Morgan fingerprint density at radius 3 is 2.86 bits per heavy atom. The van der Waals surface area contributed by atoms with Gasteiger partial charge in [0.25, 0.3) is 5.91 Å². The van der Waals surface area contributed by atoms with Gasteiger partial charge in [0.15, 0.2) is 0 Å². The second-order valence-electron chi connectivity index (χ2n) is 4.41. The number of hydrogen-bond donors (Lipinski definition) is 2. The number of carbonyl (C=O) groups is 1. The van der Waals surface area contributed by atoms with Gasteiger partial charge in [-0.25, -0.2) is 4.98 Å². The van der Waals surface area contributed by atoms with Gasteiger partial charge in [-0.05, 0) is 36.8 Å². The van der Waals surface area contributed by atoms with Crippen molar-refractivity contribution in [1.82, 2.24) is 4.98 Å². The SMILES string of the molecule is CCCNc1cccc(C(=O)Nc2ccc(Br)cc2Cl)n1. The molecule has 2 rings (SSSR count). The highest BCUT2D eigenvalue weighted by molar-refractivity contribution is 9.10. The zero-order chi connectivity index (χ0) is 15.2. The lowest BCUT2D eigenvalue weighted by molar-refractivity contribution is 0.102. The summed E-state index contributed by atoms with van der Waals surface area (Å²) in [6, 6.07) is 10.6. The number of benzene rings is 1. The largest absolute Gasteiger partial charge is 0.370 e. The number of aromatic nitrogens is 1. The summed E-state index contributed by atoms with van der Waals surface area (Å²) in [5, 5.41) is 6.37. The lowest BCUT2D eigenvalue weighted by Gasteiger charge is -2.09. The van der Waals surface area contributed by atoms with Gasteiger partial charge in [0, 0.05) is 11.0 Å². The number of carbonyl (C=O) groups excluding carboxylic acids is 1. The van der Waals surface area contributed by atoms with E-state index in [9.17, 15) is 4.79 Å². The Hall–Kier alpha value is -1.59. The molecule has 110 valence electrons. The highest BCUT2D eigenvalue weighted by atomic mass is 79.9. The van der Waals surface area contributed by atoms with Crippen LogP contribution in [0.3, 0.4) is 0 Å². The van der Waals surface area contributed by atoms with Crippen LogP contribution in [0.2, 0.25) is 5.02 Å². The number of nitrogens with zero attached hydrogens (tertiary/aromatic N) is 1. The predicted octanol–water partition coefficient (Wildman–Crippen LogP) is 4.57. The van der Waals surface area contributed by atoms with Gasteiger partial charge in [0.1, 0.15) is 11.5 Å². The topological polar surface area (TPSA) is 54.0 Å². The molecule has 0 aliphatic carbocycles. The third-order valence-corrected chi connectivity index (χ3v) is 3.52. The smallest absolute Gasteiger partial charge is 0.274 e. The van der Waals surface area contributed by atoms with Gasteiger partial charge < -0.3 is 10.6 Å². The molecule has 0 fully saturated rings. The minimum Gasteiger partial charge on any atom is -0.370 e. The highest BCUT2D eigenvalue weighted by Crippen LogP contribution is 2.26. The summed E-state index contributed by atoms with van der Waals surface area (Å²) in [5.74, 6) is 0.394. The number of pyridine rings is 1. The lowest BCUT2D eigenvalue weighted by Crippen LogP contribution is -2.15. The Labute approximate surface area is 137 Å². The number of amides is 1. The molecule has 6 heteroatoms. The van der Waals surface area contributed by atoms with Crippen molar-refractivity contribution in [1.29, 1.82) is 0 Å². The van der Waals surface area contributed by atoms with Crippen LogP contribution in [0.5, 0.6) is 0 Å². The average Bonchev–Trinajstić information content (AvgIpc) is 2.48. The number of halogens is 2. The van der Waals surface area contributed by atoms with Crippen molar-refractivity contribution in [2.24, 2.45) is 0 Å². The van der Waals surface area contributed by atoms with Crippen LogP contribution >= 0.6 is 27.5 Å². The minimum absolute atomic E-state index is 0.292. The van der Waals surface area contributed by atoms with E-state index in [-0.39, 0.29) is 5.91 Å². The summed E-state index contributed by atoms with van der Waals surface area (Å²) < 4.78 is 0.856. The van der Waals surface area contributed by atoms with Gasteiger partial charge in [-0.1, -0.05) is 40.5 Å². The fraction of sp³-hybridized carbons (Fsp3) is 0.200. The molecule has 4 nitrogen and oxygen atoms in total. The Bertz CT molecular complexity index is 649. The van der Waals surface area contributed by atoms with Gasteiger partial charge in [-0.3, -0.25) is 4.79 Å². The average molecular weight is 369 g/mol. The second kappa shape index (κ2) is 7.43. The van der Waals surface area contributed by atoms with Crippen LogP contribution < -0.4 is 10.6 Å². The molecule has 21 heavy (non-hydrogen) atoms. The maximum absolute atomic E-state index is 12.2. The van der Waals surface area contributed by atoms with Crippen molar-refractivity contribution in [2.75, 3.05) is 17.2 Å². The van der Waals surface area contributed by atoms with E-state index in [1.54, 1.807) is 24.3 Å². The van der Waals surface area contributed by atoms with Crippen molar-refractivity contribution in [3.8, 4) is 0 Å². The fourth-order valence-electron chi connectivity index (χ4n) is 1.69. The zero-order valence-corrected chi connectivity index (χ0v) is 13.8. The summed E-state index contributed by atoms with van der Waals surface area (Å²) in [5.41, 5.74) is 0.897. The Balaban J connectivity index is 2.12. The number of nitrogens with one attached hydrogen (secondary N) is 2. The molecule has 0 saturated heterocycles. The molecule has 0 atom stereocenters. The van der Waals surface area contributed by atoms with Crippen molar-refractivity contribution in [2.45, 2.75) is 13.3 Å². The Morgan fingerprint density at radius 1 is 1.33 bits per heavy atom. The fourth-order valence-corrected chi connectivity index (χ4v) is 2.41. The van der Waals surface area contributed by atoms with E-state index >= 15 is 0 Å². The maximum Gasteiger partial charge on any atom is 0.274 e. The second-order valence-corrected chi connectivity index (χ2v) is 5.74. The molecule has 0 aliphatic heterocycles. The first-order chi connectivity index (χ1) is 10.1. The molecule has 0 bridgehead atoms. The van der Waals surface area contributed by atoms with Crippen molar-refractivity contribution >= 4 is 44.9 Å². The Kier molecular flexibility index (Phi) is 5.59. The third-order valence-electron chi connectivity index (χ3n) is 2.72. The quantitative estimate of drug-likeness (QED) is 0.812. The van der Waals surface area contributed by atoms with E-state index < -0.39 is 0 Å². The van der Waals surface area contributed by atoms with Crippen LogP contribution in [0.1, 0.15) is 23.8 Å². The molecule has 2 aromatic rings. The molecular weight excluding hydrogens is 354 g/mol. The number of anilines is 2. The minimum atomic E-state index is -0.292. The van der Waals surface area contributed by atoms with Crippen molar-refractivity contribution < 1.29 is 4.79 Å². The molecule has 2 N–H and O–H groups in total. The van der Waals surface area contributed by atoms with E-state index in [1.165, 1.54) is 0 Å². The molecule has 1 amide bonds. The molecule has 0 radical (unpaired) electrons. The summed E-state index contributed by atoms with van der Waals surface area (Å²) in [6.07, 6.45) is 0.993. The summed E-state index contributed by atoms with van der Waals surface area (Å²) in [4.78, 5) is 16.5. The first kappa shape index (κ1) is 15.8. The van der Waals surface area contributed by atoms with Gasteiger partial charge in [-0.15, -0.1) is 0 Å². The number of hydrogen-bond acceptors (Lipinski definition) is 3. The van der Waals surface area contributed by atoms with Crippen molar-refractivity contribution in [3.63, 3.8) is 0 Å².